The maximum atomic E-state index is 14.0. The van der Waals surface area contributed by atoms with Crippen LogP contribution in [0.4, 0.5) is 8.78 Å². The highest BCUT2D eigenvalue weighted by Crippen LogP contribution is 2.32. The van der Waals surface area contributed by atoms with Gasteiger partial charge in [-0.05, 0) is 118 Å². The number of alkyl halides is 1. The monoisotopic (exact) mass is 588 g/mol. The average molecular weight is 589 g/mol. The van der Waals surface area contributed by atoms with Gasteiger partial charge in [-0.3, -0.25) is 4.39 Å². The summed E-state index contributed by atoms with van der Waals surface area (Å²) >= 11 is 1.62. The first-order valence-corrected chi connectivity index (χ1v) is 15.0. The van der Waals surface area contributed by atoms with Crippen LogP contribution >= 0.6 is 11.9 Å². The Balaban J connectivity index is 0.00000201. The number of aliphatic hydroxyl groups is 2. The standard InChI is InChI=1S/C32H43FN2OS.CH3F.CH4O/c1-6-11-26-15-16-27(33)21-31(26)30-18-17-29(20-24(30)2)37-35(5)23-28(36)22-34-32(3,4)19-10-14-25-12-8-7-9-13-25;2*1-2/h7-9,12-13,15-18,20-21,28,34,36H,6,10-11,14,19,22-23H2,1-5H3;1H3;2H,1H3. The van der Waals surface area contributed by atoms with E-state index >= 15 is 0 Å². The van der Waals surface area contributed by atoms with Crippen molar-refractivity contribution in [3.63, 3.8) is 0 Å². The van der Waals surface area contributed by atoms with E-state index in [-0.39, 0.29) is 11.4 Å². The van der Waals surface area contributed by atoms with Gasteiger partial charge in [0, 0.05) is 30.6 Å². The zero-order chi connectivity index (χ0) is 30.8. The molecule has 0 saturated carbocycles. The number of hydrogen-bond donors (Lipinski definition) is 3. The van der Waals surface area contributed by atoms with Gasteiger partial charge in [-0.1, -0.05) is 55.8 Å². The lowest BCUT2D eigenvalue weighted by Gasteiger charge is -2.29. The van der Waals surface area contributed by atoms with E-state index in [0.717, 1.165) is 60.8 Å². The highest BCUT2D eigenvalue weighted by Gasteiger charge is 2.19. The molecular formula is C34H50F2N2O2S. The third-order valence-electron chi connectivity index (χ3n) is 6.73. The summed E-state index contributed by atoms with van der Waals surface area (Å²) in [7, 11) is 3.51. The van der Waals surface area contributed by atoms with Crippen molar-refractivity contribution in [2.75, 3.05) is 34.4 Å². The van der Waals surface area contributed by atoms with E-state index in [2.05, 4.69) is 85.8 Å². The Kier molecular flexibility index (Phi) is 17.7. The average Bonchev–Trinajstić information content (AvgIpc) is 2.96. The Morgan fingerprint density at radius 2 is 1.63 bits per heavy atom. The number of β-amino-alcohol motifs (C(OH)–C–C–N with tert-alkyl or cyclic N) is 1. The van der Waals surface area contributed by atoms with Crippen LogP contribution in [0.25, 0.3) is 11.1 Å². The molecule has 3 N–H and O–H groups in total. The molecule has 0 amide bonds. The molecule has 0 spiro atoms. The van der Waals surface area contributed by atoms with Crippen LogP contribution in [0.1, 0.15) is 56.7 Å². The molecule has 7 heteroatoms. The second-order valence-corrected chi connectivity index (χ2v) is 12.0. The molecule has 3 aromatic rings. The molecule has 0 aliphatic heterocycles. The topological polar surface area (TPSA) is 55.7 Å². The largest absolute Gasteiger partial charge is 0.400 e. The van der Waals surface area contributed by atoms with Gasteiger partial charge in [-0.25, -0.2) is 8.70 Å². The first-order valence-electron chi connectivity index (χ1n) is 14.2. The highest BCUT2D eigenvalue weighted by atomic mass is 32.2. The van der Waals surface area contributed by atoms with Gasteiger partial charge in [0.1, 0.15) is 5.82 Å². The van der Waals surface area contributed by atoms with Crippen LogP contribution in [-0.4, -0.2) is 60.6 Å². The molecule has 228 valence electrons. The van der Waals surface area contributed by atoms with Gasteiger partial charge in [-0.15, -0.1) is 0 Å². The fourth-order valence-corrected chi connectivity index (χ4v) is 5.69. The van der Waals surface area contributed by atoms with Gasteiger partial charge >= 0.3 is 0 Å². The van der Waals surface area contributed by atoms with E-state index in [1.165, 1.54) is 11.1 Å². The van der Waals surface area contributed by atoms with Gasteiger partial charge in [0.25, 0.3) is 0 Å². The summed E-state index contributed by atoms with van der Waals surface area (Å²) < 4.78 is 25.6. The van der Waals surface area contributed by atoms with Crippen molar-refractivity contribution in [3.8, 4) is 11.1 Å². The Morgan fingerprint density at radius 3 is 2.27 bits per heavy atom. The molecular weight excluding hydrogens is 538 g/mol. The molecule has 0 aliphatic rings. The Labute approximate surface area is 251 Å². The Hall–Kier alpha value is -2.29. The van der Waals surface area contributed by atoms with E-state index < -0.39 is 6.10 Å². The van der Waals surface area contributed by atoms with Crippen molar-refractivity contribution in [1.29, 1.82) is 0 Å². The van der Waals surface area contributed by atoms with Crippen LogP contribution in [0, 0.1) is 12.7 Å². The Bertz CT molecular complexity index is 1130. The van der Waals surface area contributed by atoms with Crippen LogP contribution in [0.15, 0.2) is 71.6 Å². The maximum absolute atomic E-state index is 14.0. The fourth-order valence-electron chi connectivity index (χ4n) is 4.72. The van der Waals surface area contributed by atoms with E-state index in [1.807, 2.05) is 13.1 Å². The minimum absolute atomic E-state index is 0.0258. The second-order valence-electron chi connectivity index (χ2n) is 10.7. The predicted octanol–water partition coefficient (Wildman–Crippen LogP) is 7.64. The van der Waals surface area contributed by atoms with Crippen molar-refractivity contribution in [1.82, 2.24) is 9.62 Å². The van der Waals surface area contributed by atoms with E-state index in [4.69, 9.17) is 5.11 Å². The summed E-state index contributed by atoms with van der Waals surface area (Å²) in [4.78, 5) is 1.11. The number of aryl methyl sites for hydroxylation is 3. The van der Waals surface area contributed by atoms with Crippen LogP contribution in [0.5, 0.6) is 0 Å². The number of halogens is 2. The van der Waals surface area contributed by atoms with E-state index in [1.54, 1.807) is 24.1 Å². The smallest absolute Gasteiger partial charge is 0.123 e. The van der Waals surface area contributed by atoms with Gasteiger partial charge < -0.3 is 15.5 Å². The lowest BCUT2D eigenvalue weighted by Crippen LogP contribution is -2.45. The van der Waals surface area contributed by atoms with E-state index in [9.17, 15) is 13.9 Å². The molecule has 0 aromatic heterocycles. The lowest BCUT2D eigenvalue weighted by molar-refractivity contribution is 0.140. The summed E-state index contributed by atoms with van der Waals surface area (Å²) in [5.41, 5.74) is 5.72. The molecule has 0 aliphatic carbocycles. The third kappa shape index (κ3) is 13.5. The summed E-state index contributed by atoms with van der Waals surface area (Å²) in [6, 6.07) is 22.0. The van der Waals surface area contributed by atoms with Crippen molar-refractivity contribution in [2.24, 2.45) is 0 Å². The number of rotatable bonds is 14. The van der Waals surface area contributed by atoms with Crippen LogP contribution < -0.4 is 5.32 Å². The fraction of sp³-hybridized carbons (Fsp3) is 0.471. The van der Waals surface area contributed by atoms with Crippen LogP contribution in [0.3, 0.4) is 0 Å². The molecule has 0 bridgehead atoms. The lowest BCUT2D eigenvalue weighted by atomic mass is 9.94. The quantitative estimate of drug-likeness (QED) is 0.169. The zero-order valence-corrected chi connectivity index (χ0v) is 26.7. The normalized spacial score (nSPS) is 11.8. The predicted molar refractivity (Wildman–Crippen MR) is 172 cm³/mol. The number of nitrogens with one attached hydrogen (secondary N) is 1. The summed E-state index contributed by atoms with van der Waals surface area (Å²) in [5, 5.41) is 21.2. The van der Waals surface area contributed by atoms with Crippen molar-refractivity contribution in [3.05, 3.63) is 89.2 Å². The summed E-state index contributed by atoms with van der Waals surface area (Å²) in [5.74, 6) is -0.200. The molecule has 4 nitrogen and oxygen atoms in total. The van der Waals surface area contributed by atoms with Crippen molar-refractivity contribution >= 4 is 11.9 Å². The first-order chi connectivity index (χ1) is 19.7. The zero-order valence-electron chi connectivity index (χ0n) is 25.9. The molecule has 0 heterocycles. The molecule has 0 radical (unpaired) electrons. The maximum Gasteiger partial charge on any atom is 0.123 e. The molecule has 0 fully saturated rings. The summed E-state index contributed by atoms with van der Waals surface area (Å²) in [6.45, 7) is 9.76. The van der Waals surface area contributed by atoms with Gasteiger partial charge in [-0.2, -0.15) is 0 Å². The minimum atomic E-state index is -0.463. The molecule has 1 unspecified atom stereocenters. The molecule has 0 saturated heterocycles. The molecule has 41 heavy (non-hydrogen) atoms. The number of nitrogens with zero attached hydrogens (tertiary/aromatic N) is 1. The second kappa shape index (κ2) is 19.8. The van der Waals surface area contributed by atoms with E-state index in [0.29, 0.717) is 20.3 Å². The number of aliphatic hydroxyl groups excluding tert-OH is 2. The SMILES string of the molecule is CCCc1ccc(F)cc1-c1ccc(SN(C)CC(O)CNC(C)(C)CCCc2ccccc2)cc1C.CF.CO. The number of hydrogen-bond acceptors (Lipinski definition) is 5. The van der Waals surface area contributed by atoms with Gasteiger partial charge in [0.05, 0.1) is 13.3 Å². The van der Waals surface area contributed by atoms with Crippen molar-refractivity contribution < 1.29 is 19.0 Å². The van der Waals surface area contributed by atoms with Crippen LogP contribution in [-0.2, 0) is 12.8 Å². The third-order valence-corrected chi connectivity index (χ3v) is 7.66. The molecule has 3 aromatic carbocycles. The van der Waals surface area contributed by atoms with Crippen molar-refractivity contribution in [2.45, 2.75) is 76.3 Å². The van der Waals surface area contributed by atoms with Gasteiger partial charge in [0.15, 0.2) is 0 Å². The van der Waals surface area contributed by atoms with Crippen LogP contribution in [0.2, 0.25) is 0 Å². The molecule has 1 atom stereocenters. The van der Waals surface area contributed by atoms with Gasteiger partial charge in [0.2, 0.25) is 0 Å². The minimum Gasteiger partial charge on any atom is -0.400 e. The first kappa shape index (κ1) is 36.7. The molecule has 3 rings (SSSR count). The number of benzene rings is 3. The number of likely N-dealkylation sites (N-methyl/N-ethyl adjacent to an activating group) is 1. The highest BCUT2D eigenvalue weighted by molar-refractivity contribution is 7.97. The Morgan fingerprint density at radius 1 is 0.951 bits per heavy atom. The summed E-state index contributed by atoms with van der Waals surface area (Å²) in [6.07, 6.45) is 4.74.